The molecule has 0 saturated heterocycles. The van der Waals surface area contributed by atoms with Crippen LogP contribution < -0.4 is 0 Å². The third kappa shape index (κ3) is 10.7. The van der Waals surface area contributed by atoms with E-state index < -0.39 is 0 Å². The fraction of sp³-hybridized carbons (Fsp3) is 0.121. The zero-order valence-electron chi connectivity index (χ0n) is 41.7. The van der Waals surface area contributed by atoms with E-state index in [9.17, 15) is 0 Å². The van der Waals surface area contributed by atoms with E-state index in [-0.39, 0.29) is 10.8 Å². The van der Waals surface area contributed by atoms with Crippen molar-refractivity contribution in [1.29, 1.82) is 0 Å². The van der Waals surface area contributed by atoms with Gasteiger partial charge in [-0.25, -0.2) is 29.9 Å². The van der Waals surface area contributed by atoms with E-state index in [0.717, 1.165) is 72.3 Å². The van der Waals surface area contributed by atoms with E-state index in [2.05, 4.69) is 230 Å². The summed E-state index contributed by atoms with van der Waals surface area (Å²) in [5, 5.41) is 0. The van der Waals surface area contributed by atoms with Gasteiger partial charge in [0.25, 0.3) is 0 Å². The molecule has 6 heteroatoms. The summed E-state index contributed by atoms with van der Waals surface area (Å²) in [6, 6.07) is 69.4. The molecule has 350 valence electrons. The van der Waals surface area contributed by atoms with Crippen molar-refractivity contribution < 1.29 is 0 Å². The summed E-state index contributed by atoms with van der Waals surface area (Å²) in [6.07, 6.45) is 6.12. The highest BCUT2D eigenvalue weighted by molar-refractivity contribution is 5.76. The Morgan fingerprint density at radius 2 is 0.556 bits per heavy atom. The monoisotopic (exact) mass is 932 g/mol. The molecule has 6 nitrogen and oxygen atoms in total. The van der Waals surface area contributed by atoms with Crippen LogP contribution in [0, 0.1) is 0 Å². The molecule has 0 fully saturated rings. The lowest BCUT2D eigenvalue weighted by atomic mass is 9.86. The Morgan fingerprint density at radius 3 is 0.944 bits per heavy atom. The number of hydrogen-bond acceptors (Lipinski definition) is 6. The van der Waals surface area contributed by atoms with E-state index in [1.807, 2.05) is 36.4 Å². The molecule has 0 aliphatic rings. The van der Waals surface area contributed by atoms with E-state index in [0.29, 0.717) is 34.9 Å². The predicted octanol–water partition coefficient (Wildman–Crippen LogP) is 16.8. The van der Waals surface area contributed by atoms with Crippen LogP contribution in [0.2, 0.25) is 0 Å². The van der Waals surface area contributed by atoms with Gasteiger partial charge >= 0.3 is 0 Å². The second-order valence-corrected chi connectivity index (χ2v) is 20.2. The zero-order chi connectivity index (χ0) is 49.8. The Labute approximate surface area is 423 Å². The van der Waals surface area contributed by atoms with Crippen LogP contribution in [-0.4, -0.2) is 29.9 Å². The molecule has 0 saturated carbocycles. The van der Waals surface area contributed by atoms with Crippen LogP contribution in [0.25, 0.3) is 109 Å². The lowest BCUT2D eigenvalue weighted by Gasteiger charge is -2.19. The standard InChI is InChI=1S/C66H56N6/c1-8-44-19-25-49(26-20-44)55-15-12-16-56(43-55)64-71-59(50-13-10-9-11-14-50)67-60(72-64)51-29-23-46(24-30-51)18-17-45-21-27-47(28-22-45)48-31-33-52(34-32-48)61-68-62(53-35-39-57(40-36-53)65(2,3)4)70-63(69-61)54-37-41-58(42-38-54)66(5,6)7/h8-43H,1H2,2-7H3/b18-17+. The first-order valence-corrected chi connectivity index (χ1v) is 24.5. The van der Waals surface area contributed by atoms with Crippen molar-refractivity contribution in [3.05, 3.63) is 235 Å². The molecule has 0 aliphatic carbocycles. The fourth-order valence-electron chi connectivity index (χ4n) is 8.54. The maximum absolute atomic E-state index is 5.03. The van der Waals surface area contributed by atoms with Crippen molar-refractivity contribution >= 4 is 18.2 Å². The number of nitrogens with zero attached hydrogens (tertiary/aromatic N) is 6. The van der Waals surface area contributed by atoms with Gasteiger partial charge in [0.15, 0.2) is 34.9 Å². The predicted molar refractivity (Wildman–Crippen MR) is 300 cm³/mol. The van der Waals surface area contributed by atoms with Gasteiger partial charge in [0, 0.05) is 33.4 Å². The summed E-state index contributed by atoms with van der Waals surface area (Å²) in [5.74, 6) is 3.80. The topological polar surface area (TPSA) is 77.3 Å². The van der Waals surface area contributed by atoms with Gasteiger partial charge in [0.1, 0.15) is 0 Å². The van der Waals surface area contributed by atoms with Crippen molar-refractivity contribution in [3.8, 4) is 90.6 Å². The maximum Gasteiger partial charge on any atom is 0.164 e. The summed E-state index contributed by atoms with van der Waals surface area (Å²) in [6.45, 7) is 17.2. The van der Waals surface area contributed by atoms with Gasteiger partial charge in [-0.3, -0.25) is 0 Å². The molecule has 0 unspecified atom stereocenters. The highest BCUT2D eigenvalue weighted by Gasteiger charge is 2.18. The summed E-state index contributed by atoms with van der Waals surface area (Å²) in [4.78, 5) is 30.0. The average Bonchev–Trinajstić information content (AvgIpc) is 3.42. The Morgan fingerprint density at radius 1 is 0.278 bits per heavy atom. The molecule has 10 rings (SSSR count). The van der Waals surface area contributed by atoms with Crippen molar-refractivity contribution in [2.45, 2.75) is 52.4 Å². The Kier molecular flexibility index (Phi) is 13.0. The summed E-state index contributed by atoms with van der Waals surface area (Å²) < 4.78 is 0. The van der Waals surface area contributed by atoms with E-state index in [1.54, 1.807) is 0 Å². The van der Waals surface area contributed by atoms with Crippen molar-refractivity contribution in [2.24, 2.45) is 0 Å². The van der Waals surface area contributed by atoms with Crippen LogP contribution in [0.4, 0.5) is 0 Å². The van der Waals surface area contributed by atoms with Crippen LogP contribution in [0.15, 0.2) is 207 Å². The first-order valence-electron chi connectivity index (χ1n) is 24.5. The third-order valence-electron chi connectivity index (χ3n) is 12.9. The van der Waals surface area contributed by atoms with Gasteiger partial charge in [0.05, 0.1) is 0 Å². The highest BCUT2D eigenvalue weighted by atomic mass is 15.0. The quantitative estimate of drug-likeness (QED) is 0.120. The van der Waals surface area contributed by atoms with Crippen molar-refractivity contribution in [3.63, 3.8) is 0 Å². The van der Waals surface area contributed by atoms with Crippen molar-refractivity contribution in [1.82, 2.24) is 29.9 Å². The van der Waals surface area contributed by atoms with Gasteiger partial charge in [0.2, 0.25) is 0 Å². The van der Waals surface area contributed by atoms with Gasteiger partial charge in [-0.2, -0.15) is 0 Å². The van der Waals surface area contributed by atoms with Gasteiger partial charge in [-0.1, -0.05) is 260 Å². The fourth-order valence-corrected chi connectivity index (χ4v) is 8.54. The lowest BCUT2D eigenvalue weighted by Crippen LogP contribution is -2.10. The lowest BCUT2D eigenvalue weighted by molar-refractivity contribution is 0.590. The van der Waals surface area contributed by atoms with Gasteiger partial charge in [-0.05, 0) is 67.0 Å². The molecule has 0 bridgehead atoms. The highest BCUT2D eigenvalue weighted by Crippen LogP contribution is 2.33. The molecule has 0 radical (unpaired) electrons. The first kappa shape index (κ1) is 47.0. The largest absolute Gasteiger partial charge is 0.208 e. The van der Waals surface area contributed by atoms with Crippen LogP contribution in [0.1, 0.15) is 69.4 Å². The first-order chi connectivity index (χ1) is 34.8. The summed E-state index contributed by atoms with van der Waals surface area (Å²) in [5.41, 5.74) is 15.9. The minimum atomic E-state index is 0.0461. The Hall–Kier alpha value is -8.74. The molecule has 10 aromatic rings. The smallest absolute Gasteiger partial charge is 0.164 e. The van der Waals surface area contributed by atoms with Crippen molar-refractivity contribution in [2.75, 3.05) is 0 Å². The molecule has 0 N–H and O–H groups in total. The molecule has 72 heavy (non-hydrogen) atoms. The van der Waals surface area contributed by atoms with Crippen LogP contribution in [0.3, 0.4) is 0 Å². The number of rotatable bonds is 11. The van der Waals surface area contributed by atoms with E-state index in [1.165, 1.54) is 11.1 Å². The molecular weight excluding hydrogens is 877 g/mol. The zero-order valence-corrected chi connectivity index (χ0v) is 41.7. The molecule has 2 aromatic heterocycles. The van der Waals surface area contributed by atoms with E-state index in [4.69, 9.17) is 29.9 Å². The maximum atomic E-state index is 5.03. The van der Waals surface area contributed by atoms with Gasteiger partial charge in [-0.15, -0.1) is 0 Å². The molecule has 0 spiro atoms. The minimum Gasteiger partial charge on any atom is -0.208 e. The second-order valence-electron chi connectivity index (χ2n) is 20.2. The number of aromatic nitrogens is 6. The molecular formula is C66H56N6. The normalized spacial score (nSPS) is 11.8. The summed E-state index contributed by atoms with van der Waals surface area (Å²) in [7, 11) is 0. The van der Waals surface area contributed by atoms with E-state index >= 15 is 0 Å². The average molecular weight is 933 g/mol. The van der Waals surface area contributed by atoms with Crippen LogP contribution >= 0.6 is 0 Å². The van der Waals surface area contributed by atoms with Gasteiger partial charge < -0.3 is 0 Å². The number of benzene rings is 8. The van der Waals surface area contributed by atoms with Crippen LogP contribution in [-0.2, 0) is 10.8 Å². The van der Waals surface area contributed by atoms with Crippen LogP contribution in [0.5, 0.6) is 0 Å². The second kappa shape index (κ2) is 19.9. The Bertz CT molecular complexity index is 3450. The Balaban J connectivity index is 0.867. The molecule has 0 aliphatic heterocycles. The molecule has 2 heterocycles. The minimum absolute atomic E-state index is 0.0461. The third-order valence-corrected chi connectivity index (χ3v) is 12.9. The molecule has 0 atom stereocenters. The summed E-state index contributed by atoms with van der Waals surface area (Å²) >= 11 is 0. The number of hydrogen-bond donors (Lipinski definition) is 0. The molecule has 8 aromatic carbocycles. The molecule has 0 amide bonds. The SMILES string of the molecule is C=Cc1ccc(-c2cccc(-c3nc(-c4ccccc4)nc(-c4ccc(/C=C/c5ccc(-c6ccc(-c7nc(-c8ccc(C(C)(C)C)cc8)nc(-c8ccc(C(C)(C)C)cc8)n7)cc6)cc5)cc4)n3)c2)cc1.